The van der Waals surface area contributed by atoms with Crippen molar-refractivity contribution in [1.82, 2.24) is 0 Å². The highest BCUT2D eigenvalue weighted by molar-refractivity contribution is 7.17. The Labute approximate surface area is 83.7 Å². The SMILES string of the molecule is COc1c(F)sc2ccc(Cl)cc12. The zero-order chi connectivity index (χ0) is 9.42. The van der Waals surface area contributed by atoms with Crippen LogP contribution in [-0.4, -0.2) is 7.11 Å². The maximum absolute atomic E-state index is 13.2. The second-order valence-electron chi connectivity index (χ2n) is 2.55. The van der Waals surface area contributed by atoms with Crippen molar-refractivity contribution < 1.29 is 9.13 Å². The van der Waals surface area contributed by atoms with E-state index in [0.717, 1.165) is 21.4 Å². The van der Waals surface area contributed by atoms with E-state index in [4.69, 9.17) is 16.3 Å². The minimum Gasteiger partial charge on any atom is -0.492 e. The van der Waals surface area contributed by atoms with Gasteiger partial charge in [-0.3, -0.25) is 0 Å². The maximum Gasteiger partial charge on any atom is 0.219 e. The molecule has 2 aromatic rings. The van der Waals surface area contributed by atoms with Gasteiger partial charge in [-0.1, -0.05) is 11.6 Å². The molecule has 0 saturated carbocycles. The molecule has 2 rings (SSSR count). The molecular weight excluding hydrogens is 211 g/mol. The Hall–Kier alpha value is -0.800. The number of methoxy groups -OCH3 is 1. The van der Waals surface area contributed by atoms with Crippen LogP contribution in [-0.2, 0) is 0 Å². The van der Waals surface area contributed by atoms with Gasteiger partial charge < -0.3 is 4.74 Å². The zero-order valence-electron chi connectivity index (χ0n) is 6.80. The minimum absolute atomic E-state index is 0.280. The zero-order valence-corrected chi connectivity index (χ0v) is 8.38. The Morgan fingerprint density at radius 1 is 1.46 bits per heavy atom. The van der Waals surface area contributed by atoms with Crippen molar-refractivity contribution in [3.05, 3.63) is 28.4 Å². The topological polar surface area (TPSA) is 9.23 Å². The highest BCUT2D eigenvalue weighted by atomic mass is 35.5. The molecule has 0 aliphatic heterocycles. The van der Waals surface area contributed by atoms with Crippen LogP contribution < -0.4 is 4.74 Å². The van der Waals surface area contributed by atoms with E-state index in [2.05, 4.69) is 0 Å². The standard InChI is InChI=1S/C9H6ClFOS/c1-12-8-6-4-5(10)2-3-7(6)13-9(8)11/h2-4H,1H3. The predicted molar refractivity (Wildman–Crippen MR) is 53.3 cm³/mol. The first-order valence-electron chi connectivity index (χ1n) is 3.64. The molecule has 0 unspecified atom stereocenters. The lowest BCUT2D eigenvalue weighted by Crippen LogP contribution is -1.82. The number of rotatable bonds is 1. The smallest absolute Gasteiger partial charge is 0.219 e. The van der Waals surface area contributed by atoms with E-state index >= 15 is 0 Å². The normalized spacial score (nSPS) is 10.7. The van der Waals surface area contributed by atoms with Crippen molar-refractivity contribution in [3.8, 4) is 5.75 Å². The van der Waals surface area contributed by atoms with Crippen LogP contribution in [0.1, 0.15) is 0 Å². The van der Waals surface area contributed by atoms with Crippen LogP contribution in [0.2, 0.25) is 5.02 Å². The van der Waals surface area contributed by atoms with Crippen molar-refractivity contribution in [1.29, 1.82) is 0 Å². The first-order valence-corrected chi connectivity index (χ1v) is 4.83. The van der Waals surface area contributed by atoms with E-state index in [1.807, 2.05) is 0 Å². The minimum atomic E-state index is -0.306. The van der Waals surface area contributed by atoms with Gasteiger partial charge in [-0.15, -0.1) is 11.3 Å². The van der Waals surface area contributed by atoms with Gasteiger partial charge in [-0.2, -0.15) is 4.39 Å². The summed E-state index contributed by atoms with van der Waals surface area (Å²) < 4.78 is 19.0. The summed E-state index contributed by atoms with van der Waals surface area (Å²) >= 11 is 6.85. The lowest BCUT2D eigenvalue weighted by molar-refractivity contribution is 0.398. The van der Waals surface area contributed by atoms with Crippen LogP contribution >= 0.6 is 22.9 Å². The Morgan fingerprint density at radius 2 is 2.23 bits per heavy atom. The molecule has 0 N–H and O–H groups in total. The molecule has 1 aromatic heterocycles. The van der Waals surface area contributed by atoms with Gasteiger partial charge in [0.15, 0.2) is 5.75 Å². The van der Waals surface area contributed by atoms with Gasteiger partial charge in [0, 0.05) is 15.1 Å². The largest absolute Gasteiger partial charge is 0.492 e. The van der Waals surface area contributed by atoms with E-state index in [9.17, 15) is 4.39 Å². The van der Waals surface area contributed by atoms with Crippen molar-refractivity contribution >= 4 is 33.0 Å². The molecule has 0 radical (unpaired) electrons. The molecule has 0 spiro atoms. The predicted octanol–water partition coefficient (Wildman–Crippen LogP) is 3.70. The second-order valence-corrected chi connectivity index (χ2v) is 3.99. The van der Waals surface area contributed by atoms with Crippen LogP contribution in [0.4, 0.5) is 4.39 Å². The van der Waals surface area contributed by atoms with E-state index in [1.165, 1.54) is 7.11 Å². The Balaban J connectivity index is 2.80. The molecule has 0 fully saturated rings. The summed E-state index contributed by atoms with van der Waals surface area (Å²) in [4.78, 5) is 0. The van der Waals surface area contributed by atoms with Gasteiger partial charge in [0.1, 0.15) is 0 Å². The number of benzene rings is 1. The summed E-state index contributed by atoms with van der Waals surface area (Å²) in [6.45, 7) is 0. The first-order chi connectivity index (χ1) is 6.22. The summed E-state index contributed by atoms with van der Waals surface area (Å²) in [5, 5.41) is 1.01. The Kier molecular flexibility index (Phi) is 2.14. The monoisotopic (exact) mass is 216 g/mol. The molecule has 0 saturated heterocycles. The van der Waals surface area contributed by atoms with E-state index in [-0.39, 0.29) is 10.9 Å². The van der Waals surface area contributed by atoms with Crippen LogP contribution in [0.15, 0.2) is 18.2 Å². The molecule has 0 aliphatic rings. The number of halogens is 2. The molecule has 0 bridgehead atoms. The van der Waals surface area contributed by atoms with Gasteiger partial charge in [-0.25, -0.2) is 0 Å². The van der Waals surface area contributed by atoms with Gasteiger partial charge >= 0.3 is 0 Å². The fraction of sp³-hybridized carbons (Fsp3) is 0.111. The Bertz CT molecular complexity index is 452. The summed E-state index contributed by atoms with van der Waals surface area (Å²) in [5.74, 6) is 0.280. The van der Waals surface area contributed by atoms with Crippen LogP contribution in [0.25, 0.3) is 10.1 Å². The average molecular weight is 217 g/mol. The summed E-state index contributed by atoms with van der Waals surface area (Å²) in [5.41, 5.74) is 0. The summed E-state index contributed by atoms with van der Waals surface area (Å²) in [6, 6.07) is 5.22. The molecular formula is C9H6ClFOS. The Morgan fingerprint density at radius 3 is 2.92 bits per heavy atom. The van der Waals surface area contributed by atoms with Crippen molar-refractivity contribution in [2.45, 2.75) is 0 Å². The van der Waals surface area contributed by atoms with Crippen LogP contribution in [0.5, 0.6) is 5.75 Å². The van der Waals surface area contributed by atoms with Crippen molar-refractivity contribution in [3.63, 3.8) is 0 Å². The second kappa shape index (κ2) is 3.16. The highest BCUT2D eigenvalue weighted by Crippen LogP contribution is 2.37. The lowest BCUT2D eigenvalue weighted by Gasteiger charge is -1.96. The third-order valence-electron chi connectivity index (χ3n) is 1.77. The summed E-state index contributed by atoms with van der Waals surface area (Å²) in [6.07, 6.45) is 0. The first kappa shape index (κ1) is 8.78. The quantitative estimate of drug-likeness (QED) is 0.706. The molecule has 1 heterocycles. The van der Waals surface area contributed by atoms with Gasteiger partial charge in [0.05, 0.1) is 7.11 Å². The summed E-state index contributed by atoms with van der Waals surface area (Å²) in [7, 11) is 1.45. The number of ether oxygens (including phenoxy) is 1. The molecule has 1 nitrogen and oxygen atoms in total. The van der Waals surface area contributed by atoms with E-state index in [0.29, 0.717) is 5.02 Å². The number of hydrogen-bond donors (Lipinski definition) is 0. The van der Waals surface area contributed by atoms with E-state index in [1.54, 1.807) is 18.2 Å². The van der Waals surface area contributed by atoms with Crippen LogP contribution in [0.3, 0.4) is 0 Å². The molecule has 0 amide bonds. The van der Waals surface area contributed by atoms with Crippen molar-refractivity contribution in [2.75, 3.05) is 7.11 Å². The molecule has 0 aliphatic carbocycles. The molecule has 4 heteroatoms. The molecule has 1 aromatic carbocycles. The fourth-order valence-electron chi connectivity index (χ4n) is 1.21. The molecule has 68 valence electrons. The third-order valence-corrected chi connectivity index (χ3v) is 2.94. The number of thiophene rings is 1. The van der Waals surface area contributed by atoms with Crippen molar-refractivity contribution in [2.24, 2.45) is 0 Å². The number of hydrogen-bond acceptors (Lipinski definition) is 2. The maximum atomic E-state index is 13.2. The average Bonchev–Trinajstić information content (AvgIpc) is 2.40. The van der Waals surface area contributed by atoms with E-state index < -0.39 is 0 Å². The molecule has 0 atom stereocenters. The lowest BCUT2D eigenvalue weighted by atomic mass is 10.2. The fourth-order valence-corrected chi connectivity index (χ4v) is 2.26. The molecule has 13 heavy (non-hydrogen) atoms. The highest BCUT2D eigenvalue weighted by Gasteiger charge is 2.12. The van der Waals surface area contributed by atoms with Gasteiger partial charge in [-0.05, 0) is 18.2 Å². The van der Waals surface area contributed by atoms with Gasteiger partial charge in [0.2, 0.25) is 5.13 Å². The number of fused-ring (bicyclic) bond motifs is 1. The third kappa shape index (κ3) is 1.38. The van der Waals surface area contributed by atoms with Gasteiger partial charge in [0.25, 0.3) is 0 Å². The van der Waals surface area contributed by atoms with Crippen LogP contribution in [0, 0.1) is 5.13 Å².